The number of ether oxygens (including phenoxy) is 1. The van der Waals surface area contributed by atoms with Gasteiger partial charge in [-0.15, -0.1) is 0 Å². The largest absolute Gasteiger partial charge is 0.373 e. The summed E-state index contributed by atoms with van der Waals surface area (Å²) in [6.07, 6.45) is 1.20. The van der Waals surface area contributed by atoms with Gasteiger partial charge in [-0.3, -0.25) is 4.90 Å². The summed E-state index contributed by atoms with van der Waals surface area (Å²) in [5.74, 6) is 0. The maximum Gasteiger partial charge on any atom is 0.0753 e. The average molecular weight is 256 g/mol. The highest BCUT2D eigenvalue weighted by atomic mass is 16.5. The number of nitrogens with one attached hydrogen (secondary N) is 1. The van der Waals surface area contributed by atoms with Crippen molar-refractivity contribution < 1.29 is 4.74 Å². The van der Waals surface area contributed by atoms with E-state index >= 15 is 0 Å². The molecule has 1 rings (SSSR count). The molecule has 3 nitrogen and oxygen atoms in total. The summed E-state index contributed by atoms with van der Waals surface area (Å²) in [5, 5.41) is 3.70. The fourth-order valence-electron chi connectivity index (χ4n) is 2.49. The van der Waals surface area contributed by atoms with E-state index in [4.69, 9.17) is 4.74 Å². The van der Waals surface area contributed by atoms with Gasteiger partial charge in [0.1, 0.15) is 0 Å². The lowest BCUT2D eigenvalue weighted by molar-refractivity contribution is -0.0898. The number of hydrogen-bond acceptors (Lipinski definition) is 3. The van der Waals surface area contributed by atoms with Crippen molar-refractivity contribution in [1.29, 1.82) is 0 Å². The Morgan fingerprint density at radius 1 is 1.33 bits per heavy atom. The third-order valence-corrected chi connectivity index (χ3v) is 3.63. The Hall–Kier alpha value is -0.120. The van der Waals surface area contributed by atoms with Crippen LogP contribution in [0.1, 0.15) is 48.0 Å². The molecule has 1 atom stereocenters. The summed E-state index contributed by atoms with van der Waals surface area (Å²) >= 11 is 0. The maximum absolute atomic E-state index is 5.78. The van der Waals surface area contributed by atoms with E-state index in [1.165, 1.54) is 6.42 Å². The van der Waals surface area contributed by atoms with Gasteiger partial charge in [0.2, 0.25) is 0 Å². The molecule has 1 fully saturated rings. The van der Waals surface area contributed by atoms with Crippen LogP contribution in [0.2, 0.25) is 0 Å². The highest BCUT2D eigenvalue weighted by Crippen LogP contribution is 2.23. The molecule has 0 spiro atoms. The first kappa shape index (κ1) is 15.9. The van der Waals surface area contributed by atoms with E-state index in [-0.39, 0.29) is 5.60 Å². The molecular weight excluding hydrogens is 224 g/mol. The number of morpholine rings is 1. The van der Waals surface area contributed by atoms with Crippen molar-refractivity contribution in [3.05, 3.63) is 0 Å². The molecule has 3 heteroatoms. The van der Waals surface area contributed by atoms with Crippen LogP contribution in [0, 0.1) is 5.41 Å². The van der Waals surface area contributed by atoms with Crippen LogP contribution in [0.15, 0.2) is 0 Å². The second kappa shape index (κ2) is 6.36. The Labute approximate surface area is 113 Å². The summed E-state index contributed by atoms with van der Waals surface area (Å²) in [6, 6.07) is 0.548. The van der Waals surface area contributed by atoms with Gasteiger partial charge in [0.25, 0.3) is 0 Å². The molecule has 0 bridgehead atoms. The van der Waals surface area contributed by atoms with Crippen LogP contribution in [-0.2, 0) is 4.74 Å². The first-order valence-corrected chi connectivity index (χ1v) is 7.34. The Morgan fingerprint density at radius 2 is 2.00 bits per heavy atom. The smallest absolute Gasteiger partial charge is 0.0753 e. The molecule has 0 aliphatic carbocycles. The Balaban J connectivity index is 2.54. The molecule has 1 heterocycles. The molecule has 1 aliphatic heterocycles. The number of rotatable bonds is 5. The summed E-state index contributed by atoms with van der Waals surface area (Å²) in [6.45, 7) is 18.8. The van der Waals surface area contributed by atoms with Crippen LogP contribution in [0.5, 0.6) is 0 Å². The summed E-state index contributed by atoms with van der Waals surface area (Å²) < 4.78 is 5.78. The summed E-state index contributed by atoms with van der Waals surface area (Å²) in [4.78, 5) is 2.54. The van der Waals surface area contributed by atoms with Crippen molar-refractivity contribution >= 4 is 0 Å². The van der Waals surface area contributed by atoms with Gasteiger partial charge in [-0.1, -0.05) is 27.7 Å². The predicted octanol–water partition coefficient (Wildman–Crippen LogP) is 2.51. The van der Waals surface area contributed by atoms with Crippen molar-refractivity contribution in [3.8, 4) is 0 Å². The van der Waals surface area contributed by atoms with Gasteiger partial charge >= 0.3 is 0 Å². The van der Waals surface area contributed by atoms with E-state index < -0.39 is 0 Å². The molecule has 0 aromatic heterocycles. The molecule has 0 saturated carbocycles. The third-order valence-electron chi connectivity index (χ3n) is 3.63. The molecule has 1 aliphatic rings. The number of nitrogens with zero attached hydrogens (tertiary/aromatic N) is 1. The molecular formula is C15H32N2O. The zero-order chi connectivity index (χ0) is 13.8. The standard InChI is InChI=1S/C15H32N2O/c1-7-8-16-13(14(2,3)4)11-17-9-10-18-15(5,6)12-17/h13,16H,7-12H2,1-6H3. The van der Waals surface area contributed by atoms with Gasteiger partial charge in [0, 0.05) is 25.7 Å². The van der Waals surface area contributed by atoms with Crippen LogP contribution in [0.25, 0.3) is 0 Å². The predicted molar refractivity (Wildman–Crippen MR) is 78.0 cm³/mol. The average Bonchev–Trinajstić information content (AvgIpc) is 2.21. The molecule has 1 N–H and O–H groups in total. The zero-order valence-corrected chi connectivity index (χ0v) is 13.2. The second-order valence-corrected chi connectivity index (χ2v) is 7.22. The Bertz CT molecular complexity index is 245. The van der Waals surface area contributed by atoms with Crippen molar-refractivity contribution in [2.45, 2.75) is 59.6 Å². The zero-order valence-electron chi connectivity index (χ0n) is 13.2. The van der Waals surface area contributed by atoms with Gasteiger partial charge in [0.15, 0.2) is 0 Å². The Kier molecular flexibility index (Phi) is 5.63. The molecule has 108 valence electrons. The summed E-state index contributed by atoms with van der Waals surface area (Å²) in [7, 11) is 0. The Morgan fingerprint density at radius 3 is 2.50 bits per heavy atom. The van der Waals surface area contributed by atoms with E-state index in [9.17, 15) is 0 Å². The van der Waals surface area contributed by atoms with E-state index in [0.29, 0.717) is 11.5 Å². The maximum atomic E-state index is 5.78. The van der Waals surface area contributed by atoms with Crippen molar-refractivity contribution in [3.63, 3.8) is 0 Å². The first-order chi connectivity index (χ1) is 8.24. The first-order valence-electron chi connectivity index (χ1n) is 7.34. The van der Waals surface area contributed by atoms with Crippen LogP contribution in [0.3, 0.4) is 0 Å². The van der Waals surface area contributed by atoms with Gasteiger partial charge in [-0.25, -0.2) is 0 Å². The van der Waals surface area contributed by atoms with Gasteiger partial charge in [-0.2, -0.15) is 0 Å². The van der Waals surface area contributed by atoms with E-state index in [1.807, 2.05) is 0 Å². The van der Waals surface area contributed by atoms with Gasteiger partial charge < -0.3 is 10.1 Å². The number of hydrogen-bond donors (Lipinski definition) is 1. The van der Waals surface area contributed by atoms with Crippen molar-refractivity contribution in [2.75, 3.05) is 32.8 Å². The molecule has 1 saturated heterocycles. The van der Waals surface area contributed by atoms with Crippen molar-refractivity contribution in [1.82, 2.24) is 10.2 Å². The topological polar surface area (TPSA) is 24.5 Å². The lowest BCUT2D eigenvalue weighted by atomic mass is 9.86. The van der Waals surface area contributed by atoms with E-state index in [0.717, 1.165) is 32.8 Å². The van der Waals surface area contributed by atoms with Crippen LogP contribution >= 0.6 is 0 Å². The lowest BCUT2D eigenvalue weighted by Crippen LogP contribution is -2.55. The SMILES string of the molecule is CCCNC(CN1CCOC(C)(C)C1)C(C)(C)C. The van der Waals surface area contributed by atoms with Crippen LogP contribution in [0.4, 0.5) is 0 Å². The monoisotopic (exact) mass is 256 g/mol. The third kappa shape index (κ3) is 5.25. The minimum atomic E-state index is 0.00540. The minimum absolute atomic E-state index is 0.00540. The van der Waals surface area contributed by atoms with Crippen LogP contribution < -0.4 is 5.32 Å². The molecule has 0 aromatic carbocycles. The molecule has 0 aromatic rings. The summed E-state index contributed by atoms with van der Waals surface area (Å²) in [5.41, 5.74) is 0.309. The fourth-order valence-corrected chi connectivity index (χ4v) is 2.49. The quantitative estimate of drug-likeness (QED) is 0.818. The van der Waals surface area contributed by atoms with Crippen molar-refractivity contribution in [2.24, 2.45) is 5.41 Å². The van der Waals surface area contributed by atoms with Gasteiger partial charge in [-0.05, 0) is 32.2 Å². The molecule has 0 amide bonds. The van der Waals surface area contributed by atoms with E-state index in [2.05, 4.69) is 51.8 Å². The molecule has 1 unspecified atom stereocenters. The normalized spacial score (nSPS) is 23.0. The highest BCUT2D eigenvalue weighted by Gasteiger charge is 2.31. The van der Waals surface area contributed by atoms with Gasteiger partial charge in [0.05, 0.1) is 12.2 Å². The van der Waals surface area contributed by atoms with E-state index in [1.54, 1.807) is 0 Å². The second-order valence-electron chi connectivity index (χ2n) is 7.22. The van der Waals surface area contributed by atoms with Crippen LogP contribution in [-0.4, -0.2) is 49.3 Å². The molecule has 0 radical (unpaired) electrons. The lowest BCUT2D eigenvalue weighted by Gasteiger charge is -2.42. The molecule has 18 heavy (non-hydrogen) atoms. The fraction of sp³-hybridized carbons (Fsp3) is 1.00. The minimum Gasteiger partial charge on any atom is -0.373 e. The highest BCUT2D eigenvalue weighted by molar-refractivity contribution is 4.87.